The van der Waals surface area contributed by atoms with Crippen LogP contribution in [-0.2, 0) is 4.79 Å². The number of carbonyl (C=O) groups is 1. The number of benzene rings is 1. The topological polar surface area (TPSA) is 66.6 Å². The Morgan fingerprint density at radius 1 is 1.47 bits per heavy atom. The van der Waals surface area contributed by atoms with Crippen LogP contribution in [0.4, 0.5) is 0 Å². The minimum absolute atomic E-state index is 0.139. The Kier molecular flexibility index (Phi) is 3.76. The number of likely N-dealkylation sites (tertiary alicyclic amines) is 1. The van der Waals surface area contributed by atoms with Crippen LogP contribution < -0.4 is 5.73 Å². The molecule has 1 heterocycles. The maximum absolute atomic E-state index is 10.9. The second-order valence-corrected chi connectivity index (χ2v) is 4.48. The summed E-state index contributed by atoms with van der Waals surface area (Å²) in [6, 6.07) is 10.2. The van der Waals surface area contributed by atoms with Crippen LogP contribution in [-0.4, -0.2) is 35.6 Å². The molecule has 0 spiro atoms. The number of nitrogens with two attached hydrogens (primary N) is 1. The third-order valence-corrected chi connectivity index (χ3v) is 3.42. The van der Waals surface area contributed by atoms with E-state index in [1.165, 1.54) is 5.56 Å². The zero-order valence-electron chi connectivity index (χ0n) is 9.75. The number of carboxylic acid groups (broad SMARTS) is 1. The molecule has 4 heteroatoms. The van der Waals surface area contributed by atoms with Gasteiger partial charge in [0.1, 0.15) is 0 Å². The van der Waals surface area contributed by atoms with Gasteiger partial charge in [0.25, 0.3) is 0 Å². The van der Waals surface area contributed by atoms with E-state index in [-0.39, 0.29) is 12.0 Å². The fourth-order valence-electron chi connectivity index (χ4n) is 2.44. The first-order valence-electron chi connectivity index (χ1n) is 5.94. The predicted octanol–water partition coefficient (Wildman–Crippen LogP) is 1.09. The Hall–Kier alpha value is -1.39. The lowest BCUT2D eigenvalue weighted by atomic mass is 10.1. The van der Waals surface area contributed by atoms with Gasteiger partial charge in [-0.25, -0.2) is 0 Å². The highest BCUT2D eigenvalue weighted by Gasteiger charge is 2.32. The summed E-state index contributed by atoms with van der Waals surface area (Å²) in [4.78, 5) is 13.1. The third kappa shape index (κ3) is 2.65. The van der Waals surface area contributed by atoms with Gasteiger partial charge in [0.15, 0.2) is 0 Å². The summed E-state index contributed by atoms with van der Waals surface area (Å²) >= 11 is 0. The fourth-order valence-corrected chi connectivity index (χ4v) is 2.44. The molecule has 0 aromatic heterocycles. The minimum Gasteiger partial charge on any atom is -0.481 e. The van der Waals surface area contributed by atoms with Crippen molar-refractivity contribution in [2.45, 2.75) is 12.5 Å². The Morgan fingerprint density at radius 2 is 2.18 bits per heavy atom. The quantitative estimate of drug-likeness (QED) is 0.818. The van der Waals surface area contributed by atoms with Crippen molar-refractivity contribution in [2.24, 2.45) is 11.7 Å². The largest absolute Gasteiger partial charge is 0.481 e. The molecule has 1 aromatic carbocycles. The summed E-state index contributed by atoms with van der Waals surface area (Å²) < 4.78 is 0. The molecule has 17 heavy (non-hydrogen) atoms. The van der Waals surface area contributed by atoms with E-state index in [0.29, 0.717) is 13.1 Å². The Labute approximate surface area is 101 Å². The number of hydrogen-bond donors (Lipinski definition) is 2. The molecule has 92 valence electrons. The minimum atomic E-state index is -0.698. The average Bonchev–Trinajstić information content (AvgIpc) is 2.81. The van der Waals surface area contributed by atoms with E-state index in [1.807, 2.05) is 30.3 Å². The van der Waals surface area contributed by atoms with Gasteiger partial charge in [0.2, 0.25) is 0 Å². The first kappa shape index (κ1) is 12.1. The summed E-state index contributed by atoms with van der Waals surface area (Å²) in [5.74, 6) is -0.941. The van der Waals surface area contributed by atoms with Crippen molar-refractivity contribution in [1.82, 2.24) is 4.90 Å². The monoisotopic (exact) mass is 234 g/mol. The van der Waals surface area contributed by atoms with Gasteiger partial charge in [-0.05, 0) is 18.5 Å². The molecule has 1 fully saturated rings. The smallest absolute Gasteiger partial charge is 0.307 e. The van der Waals surface area contributed by atoms with Crippen LogP contribution in [0.15, 0.2) is 30.3 Å². The Bertz CT molecular complexity index is 380. The van der Waals surface area contributed by atoms with E-state index in [2.05, 4.69) is 4.90 Å². The second kappa shape index (κ2) is 5.29. The number of nitrogens with zero attached hydrogens (tertiary/aromatic N) is 1. The number of aliphatic carboxylic acids is 1. The number of rotatable bonds is 4. The highest BCUT2D eigenvalue weighted by Crippen LogP contribution is 2.26. The van der Waals surface area contributed by atoms with Gasteiger partial charge >= 0.3 is 5.97 Å². The van der Waals surface area contributed by atoms with E-state index < -0.39 is 5.97 Å². The second-order valence-electron chi connectivity index (χ2n) is 4.48. The predicted molar refractivity (Wildman–Crippen MR) is 65.6 cm³/mol. The standard InChI is InChI=1S/C13H18N2O2/c14-8-12(10-4-2-1-3-5-10)15-7-6-11(9-15)13(16)17/h1-5,11-12H,6-9,14H2,(H,16,17). The van der Waals surface area contributed by atoms with Gasteiger partial charge in [-0.15, -0.1) is 0 Å². The van der Waals surface area contributed by atoms with Crippen LogP contribution in [0.5, 0.6) is 0 Å². The molecule has 1 aliphatic rings. The third-order valence-electron chi connectivity index (χ3n) is 3.42. The molecule has 4 nitrogen and oxygen atoms in total. The molecular formula is C13H18N2O2. The van der Waals surface area contributed by atoms with Crippen molar-refractivity contribution >= 4 is 5.97 Å². The molecule has 0 bridgehead atoms. The number of carboxylic acids is 1. The molecule has 1 saturated heterocycles. The zero-order valence-corrected chi connectivity index (χ0v) is 9.75. The SMILES string of the molecule is NCC(c1ccccc1)N1CCC(C(=O)O)C1. The van der Waals surface area contributed by atoms with Crippen molar-refractivity contribution in [3.8, 4) is 0 Å². The van der Waals surface area contributed by atoms with Crippen LogP contribution in [0.2, 0.25) is 0 Å². The van der Waals surface area contributed by atoms with Crippen molar-refractivity contribution in [3.05, 3.63) is 35.9 Å². The molecule has 1 aromatic rings. The molecule has 0 radical (unpaired) electrons. The van der Waals surface area contributed by atoms with Crippen LogP contribution >= 0.6 is 0 Å². The van der Waals surface area contributed by atoms with Gasteiger partial charge in [0, 0.05) is 19.1 Å². The Balaban J connectivity index is 2.08. The van der Waals surface area contributed by atoms with Crippen molar-refractivity contribution < 1.29 is 9.90 Å². The lowest BCUT2D eigenvalue weighted by molar-refractivity contribution is -0.141. The lowest BCUT2D eigenvalue weighted by Gasteiger charge is -2.26. The van der Waals surface area contributed by atoms with Crippen LogP contribution in [0.25, 0.3) is 0 Å². The van der Waals surface area contributed by atoms with Crippen LogP contribution in [0, 0.1) is 5.92 Å². The molecule has 3 N–H and O–H groups in total. The molecule has 0 saturated carbocycles. The van der Waals surface area contributed by atoms with Crippen LogP contribution in [0.1, 0.15) is 18.0 Å². The van der Waals surface area contributed by atoms with E-state index in [1.54, 1.807) is 0 Å². The van der Waals surface area contributed by atoms with E-state index >= 15 is 0 Å². The van der Waals surface area contributed by atoms with Crippen molar-refractivity contribution in [3.63, 3.8) is 0 Å². The van der Waals surface area contributed by atoms with Gasteiger partial charge in [-0.2, -0.15) is 0 Å². The summed E-state index contributed by atoms with van der Waals surface area (Å²) in [5, 5.41) is 9.00. The van der Waals surface area contributed by atoms with Gasteiger partial charge < -0.3 is 10.8 Å². The van der Waals surface area contributed by atoms with Crippen molar-refractivity contribution in [1.29, 1.82) is 0 Å². The fraction of sp³-hybridized carbons (Fsp3) is 0.462. The Morgan fingerprint density at radius 3 is 2.71 bits per heavy atom. The first-order valence-corrected chi connectivity index (χ1v) is 5.94. The van der Waals surface area contributed by atoms with E-state index in [0.717, 1.165) is 13.0 Å². The maximum Gasteiger partial charge on any atom is 0.307 e. The molecule has 2 atom stereocenters. The van der Waals surface area contributed by atoms with Crippen molar-refractivity contribution in [2.75, 3.05) is 19.6 Å². The van der Waals surface area contributed by atoms with E-state index in [9.17, 15) is 4.79 Å². The first-order chi connectivity index (χ1) is 8.22. The lowest BCUT2D eigenvalue weighted by Crippen LogP contribution is -2.32. The summed E-state index contributed by atoms with van der Waals surface area (Å²) in [7, 11) is 0. The van der Waals surface area contributed by atoms with Gasteiger partial charge in [-0.3, -0.25) is 9.69 Å². The zero-order chi connectivity index (χ0) is 12.3. The highest BCUT2D eigenvalue weighted by molar-refractivity contribution is 5.70. The summed E-state index contributed by atoms with van der Waals surface area (Å²) in [6.45, 7) is 1.94. The molecule has 0 aliphatic carbocycles. The summed E-state index contributed by atoms with van der Waals surface area (Å²) in [6.07, 6.45) is 0.721. The normalized spacial score (nSPS) is 22.5. The highest BCUT2D eigenvalue weighted by atomic mass is 16.4. The average molecular weight is 234 g/mol. The van der Waals surface area contributed by atoms with Gasteiger partial charge in [-0.1, -0.05) is 30.3 Å². The summed E-state index contributed by atoms with van der Waals surface area (Å²) in [5.41, 5.74) is 6.98. The van der Waals surface area contributed by atoms with Gasteiger partial charge in [0.05, 0.1) is 5.92 Å². The van der Waals surface area contributed by atoms with E-state index in [4.69, 9.17) is 10.8 Å². The molecular weight excluding hydrogens is 216 g/mol. The van der Waals surface area contributed by atoms with Crippen LogP contribution in [0.3, 0.4) is 0 Å². The molecule has 2 unspecified atom stereocenters. The maximum atomic E-state index is 10.9. The molecule has 2 rings (SSSR count). The number of hydrogen-bond acceptors (Lipinski definition) is 3. The molecule has 1 aliphatic heterocycles. The molecule has 0 amide bonds.